The lowest BCUT2D eigenvalue weighted by atomic mass is 9.98. The maximum Gasteiger partial charge on any atom is 0.269 e. The largest absolute Gasteiger partial charge is 0.273 e. The normalized spacial score (nSPS) is 16.8. The molecule has 0 aromatic heterocycles. The van der Waals surface area contributed by atoms with E-state index in [0.717, 1.165) is 16.8 Å². The molecule has 1 aliphatic rings. The smallest absolute Gasteiger partial charge is 0.269 e. The lowest BCUT2D eigenvalue weighted by molar-refractivity contribution is -0.384. The van der Waals surface area contributed by atoms with E-state index < -0.39 is 4.92 Å². The molecule has 0 unspecified atom stereocenters. The number of nitro groups is 1. The molecule has 0 spiro atoms. The minimum absolute atomic E-state index is 0.0181. The number of carbonyl (C=O) groups excluding carboxylic acids is 1. The molecule has 122 valence electrons. The van der Waals surface area contributed by atoms with Gasteiger partial charge in [0.15, 0.2) is 0 Å². The zero-order valence-electron chi connectivity index (χ0n) is 13.3. The van der Waals surface area contributed by atoms with Crippen molar-refractivity contribution in [3.63, 3.8) is 0 Å². The summed E-state index contributed by atoms with van der Waals surface area (Å²) in [4.78, 5) is 22.9. The van der Waals surface area contributed by atoms with E-state index in [-0.39, 0.29) is 17.6 Å². The summed E-state index contributed by atoms with van der Waals surface area (Å²) in [5, 5.41) is 17.0. The predicted octanol–water partition coefficient (Wildman–Crippen LogP) is 3.68. The summed E-state index contributed by atoms with van der Waals surface area (Å²) in [6, 6.07) is 15.8. The highest BCUT2D eigenvalue weighted by atomic mass is 16.6. The van der Waals surface area contributed by atoms with Gasteiger partial charge in [-0.25, -0.2) is 5.01 Å². The number of rotatable bonds is 4. The first kappa shape index (κ1) is 15.9. The summed E-state index contributed by atoms with van der Waals surface area (Å²) >= 11 is 0. The van der Waals surface area contributed by atoms with Crippen molar-refractivity contribution in [2.24, 2.45) is 5.10 Å². The number of hydrazone groups is 1. The molecular formula is C18H17N3O3. The van der Waals surface area contributed by atoms with Gasteiger partial charge in [-0.3, -0.25) is 14.9 Å². The molecule has 1 atom stereocenters. The summed E-state index contributed by atoms with van der Waals surface area (Å²) in [6.45, 7) is 1.78. The Labute approximate surface area is 139 Å². The Kier molecular flexibility index (Phi) is 4.37. The minimum Gasteiger partial charge on any atom is -0.273 e. The summed E-state index contributed by atoms with van der Waals surface area (Å²) in [5.74, 6) is -0.0996. The monoisotopic (exact) mass is 323 g/mol. The van der Waals surface area contributed by atoms with E-state index in [0.29, 0.717) is 12.8 Å². The van der Waals surface area contributed by atoms with Crippen LogP contribution in [0.3, 0.4) is 0 Å². The van der Waals surface area contributed by atoms with E-state index >= 15 is 0 Å². The minimum atomic E-state index is -0.427. The summed E-state index contributed by atoms with van der Waals surface area (Å²) in [6.07, 6.45) is 0.869. The summed E-state index contributed by atoms with van der Waals surface area (Å²) in [5.41, 5.74) is 2.51. The maximum absolute atomic E-state index is 12.3. The number of hydrogen-bond donors (Lipinski definition) is 0. The second kappa shape index (κ2) is 6.62. The fourth-order valence-electron chi connectivity index (χ4n) is 2.81. The highest BCUT2D eigenvalue weighted by Crippen LogP contribution is 2.34. The number of nitrogens with zero attached hydrogens (tertiary/aromatic N) is 3. The average Bonchev–Trinajstić information content (AvgIpc) is 3.07. The number of non-ortho nitro benzene ring substituents is 1. The molecule has 0 N–H and O–H groups in total. The Hall–Kier alpha value is -3.02. The zero-order chi connectivity index (χ0) is 17.1. The van der Waals surface area contributed by atoms with Crippen molar-refractivity contribution in [2.75, 3.05) is 0 Å². The first-order valence-corrected chi connectivity index (χ1v) is 7.79. The van der Waals surface area contributed by atoms with Gasteiger partial charge >= 0.3 is 0 Å². The van der Waals surface area contributed by atoms with Gasteiger partial charge in [0.2, 0.25) is 5.91 Å². The number of benzene rings is 2. The van der Waals surface area contributed by atoms with Crippen molar-refractivity contribution in [2.45, 2.75) is 25.8 Å². The molecule has 1 heterocycles. The molecule has 1 aliphatic heterocycles. The Morgan fingerprint density at radius 3 is 2.67 bits per heavy atom. The molecule has 0 aliphatic carbocycles. The third-order valence-electron chi connectivity index (χ3n) is 4.04. The van der Waals surface area contributed by atoms with Gasteiger partial charge in [-0.2, -0.15) is 5.10 Å². The van der Waals surface area contributed by atoms with Crippen LogP contribution in [0.2, 0.25) is 0 Å². The molecule has 1 amide bonds. The molecule has 0 saturated heterocycles. The molecule has 6 heteroatoms. The van der Waals surface area contributed by atoms with Crippen LogP contribution in [-0.2, 0) is 4.79 Å². The van der Waals surface area contributed by atoms with Crippen molar-refractivity contribution in [1.82, 2.24) is 5.01 Å². The van der Waals surface area contributed by atoms with Crippen molar-refractivity contribution in [3.8, 4) is 0 Å². The van der Waals surface area contributed by atoms with Crippen LogP contribution >= 0.6 is 0 Å². The standard InChI is InChI=1S/C18H17N3O3/c1-2-18(22)20-17(14-9-6-10-15(11-14)21(23)24)12-16(19-20)13-7-4-3-5-8-13/h3-11,17H,2,12H2,1H3/t17-/m1/s1. The highest BCUT2D eigenvalue weighted by Gasteiger charge is 2.32. The van der Waals surface area contributed by atoms with Crippen LogP contribution in [-0.4, -0.2) is 21.6 Å². The van der Waals surface area contributed by atoms with E-state index in [1.807, 2.05) is 30.3 Å². The van der Waals surface area contributed by atoms with Gasteiger partial charge in [0.05, 0.1) is 16.7 Å². The Morgan fingerprint density at radius 2 is 2.00 bits per heavy atom. The number of nitro benzene ring substituents is 1. The van der Waals surface area contributed by atoms with E-state index in [1.54, 1.807) is 19.1 Å². The van der Waals surface area contributed by atoms with Crippen molar-refractivity contribution < 1.29 is 9.72 Å². The fourth-order valence-corrected chi connectivity index (χ4v) is 2.81. The van der Waals surface area contributed by atoms with Gasteiger partial charge in [-0.15, -0.1) is 0 Å². The lowest BCUT2D eigenvalue weighted by Crippen LogP contribution is -2.26. The predicted molar refractivity (Wildman–Crippen MR) is 90.6 cm³/mol. The van der Waals surface area contributed by atoms with Gasteiger partial charge < -0.3 is 0 Å². The number of amides is 1. The average molecular weight is 323 g/mol. The van der Waals surface area contributed by atoms with Crippen LogP contribution in [0.1, 0.15) is 36.9 Å². The van der Waals surface area contributed by atoms with Gasteiger partial charge in [0, 0.05) is 25.0 Å². The Morgan fingerprint density at radius 1 is 1.25 bits per heavy atom. The van der Waals surface area contributed by atoms with Crippen LogP contribution in [0.15, 0.2) is 59.7 Å². The Bertz CT molecular complexity index is 802. The first-order chi connectivity index (χ1) is 11.6. The second-order valence-corrected chi connectivity index (χ2v) is 5.58. The van der Waals surface area contributed by atoms with Gasteiger partial charge in [-0.1, -0.05) is 49.4 Å². The van der Waals surface area contributed by atoms with Crippen molar-refractivity contribution in [3.05, 3.63) is 75.8 Å². The molecular weight excluding hydrogens is 306 g/mol. The third kappa shape index (κ3) is 3.03. The fraction of sp³-hybridized carbons (Fsp3) is 0.222. The molecule has 2 aromatic carbocycles. The van der Waals surface area contributed by atoms with Crippen molar-refractivity contribution >= 4 is 17.3 Å². The zero-order valence-corrected chi connectivity index (χ0v) is 13.3. The Balaban J connectivity index is 1.97. The molecule has 0 fully saturated rings. The topological polar surface area (TPSA) is 75.8 Å². The van der Waals surface area contributed by atoms with Crippen LogP contribution in [0, 0.1) is 10.1 Å². The highest BCUT2D eigenvalue weighted by molar-refractivity contribution is 6.03. The quantitative estimate of drug-likeness (QED) is 0.636. The molecule has 0 radical (unpaired) electrons. The number of carbonyl (C=O) groups is 1. The first-order valence-electron chi connectivity index (χ1n) is 7.79. The van der Waals surface area contributed by atoms with Crippen LogP contribution in [0.4, 0.5) is 5.69 Å². The molecule has 0 bridgehead atoms. The molecule has 3 rings (SSSR count). The van der Waals surface area contributed by atoms with Gasteiger partial charge in [0.1, 0.15) is 0 Å². The van der Waals surface area contributed by atoms with Crippen LogP contribution < -0.4 is 0 Å². The van der Waals surface area contributed by atoms with E-state index in [9.17, 15) is 14.9 Å². The lowest BCUT2D eigenvalue weighted by Gasteiger charge is -2.21. The van der Waals surface area contributed by atoms with Crippen LogP contribution in [0.5, 0.6) is 0 Å². The van der Waals surface area contributed by atoms with Gasteiger partial charge in [0.25, 0.3) is 5.69 Å². The summed E-state index contributed by atoms with van der Waals surface area (Å²) < 4.78 is 0. The SMILES string of the molecule is CCC(=O)N1N=C(c2ccccc2)C[C@@H]1c1cccc([N+](=O)[O-])c1. The number of hydrogen-bond acceptors (Lipinski definition) is 4. The third-order valence-corrected chi connectivity index (χ3v) is 4.04. The summed E-state index contributed by atoms with van der Waals surface area (Å²) in [7, 11) is 0. The van der Waals surface area contributed by atoms with Crippen molar-refractivity contribution in [1.29, 1.82) is 0 Å². The molecule has 24 heavy (non-hydrogen) atoms. The van der Waals surface area contributed by atoms with E-state index in [2.05, 4.69) is 5.10 Å². The molecule has 2 aromatic rings. The van der Waals surface area contributed by atoms with Gasteiger partial charge in [-0.05, 0) is 11.1 Å². The van der Waals surface area contributed by atoms with E-state index in [1.165, 1.54) is 17.1 Å². The second-order valence-electron chi connectivity index (χ2n) is 5.58. The molecule has 0 saturated carbocycles. The molecule has 6 nitrogen and oxygen atoms in total. The van der Waals surface area contributed by atoms with E-state index in [4.69, 9.17) is 0 Å². The maximum atomic E-state index is 12.3. The van der Waals surface area contributed by atoms with Crippen LogP contribution in [0.25, 0.3) is 0 Å².